The standard InChI is InChI=1S/C15H26N2O3S/c16-8-12-3-4-14(20-12)15(18)17(11-5-7-21-10-11)9-13-2-1-6-19-13/h11-14H,1-10,16H2. The molecule has 0 radical (unpaired) electrons. The smallest absolute Gasteiger partial charge is 0.252 e. The van der Waals surface area contributed by atoms with Crippen molar-refractivity contribution >= 4 is 17.7 Å². The molecule has 3 heterocycles. The maximum Gasteiger partial charge on any atom is 0.252 e. The van der Waals surface area contributed by atoms with Gasteiger partial charge in [0.25, 0.3) is 5.91 Å². The van der Waals surface area contributed by atoms with Gasteiger partial charge in [0.05, 0.1) is 12.2 Å². The number of rotatable bonds is 5. The van der Waals surface area contributed by atoms with Gasteiger partial charge in [-0.25, -0.2) is 0 Å². The van der Waals surface area contributed by atoms with Gasteiger partial charge in [-0.1, -0.05) is 0 Å². The average Bonchev–Trinajstić information content (AvgIpc) is 3.25. The molecule has 1 amide bonds. The molecule has 21 heavy (non-hydrogen) atoms. The molecule has 0 aromatic heterocycles. The van der Waals surface area contributed by atoms with Gasteiger partial charge in [0, 0.05) is 31.5 Å². The van der Waals surface area contributed by atoms with Gasteiger partial charge in [-0.2, -0.15) is 11.8 Å². The molecule has 0 aliphatic carbocycles. The summed E-state index contributed by atoms with van der Waals surface area (Å²) in [5, 5.41) is 0. The van der Waals surface area contributed by atoms with E-state index in [1.54, 1.807) is 0 Å². The number of amides is 1. The summed E-state index contributed by atoms with van der Waals surface area (Å²) in [5.74, 6) is 2.36. The second kappa shape index (κ2) is 7.31. The lowest BCUT2D eigenvalue weighted by Crippen LogP contribution is -2.49. The minimum atomic E-state index is -0.287. The number of carbonyl (C=O) groups excluding carboxylic acids is 1. The van der Waals surface area contributed by atoms with Crippen LogP contribution in [0.5, 0.6) is 0 Å². The summed E-state index contributed by atoms with van der Waals surface area (Å²) in [7, 11) is 0. The van der Waals surface area contributed by atoms with E-state index in [-0.39, 0.29) is 24.2 Å². The maximum atomic E-state index is 12.9. The Bertz CT molecular complexity index is 357. The van der Waals surface area contributed by atoms with Gasteiger partial charge in [-0.15, -0.1) is 0 Å². The molecule has 0 saturated carbocycles. The summed E-state index contributed by atoms with van der Waals surface area (Å²) in [6, 6.07) is 0.354. The second-order valence-electron chi connectivity index (χ2n) is 6.20. The van der Waals surface area contributed by atoms with E-state index in [1.165, 1.54) is 0 Å². The third kappa shape index (κ3) is 3.73. The fourth-order valence-electron chi connectivity index (χ4n) is 3.44. The van der Waals surface area contributed by atoms with Gasteiger partial charge in [-0.3, -0.25) is 4.79 Å². The van der Waals surface area contributed by atoms with Crippen LogP contribution in [0.15, 0.2) is 0 Å². The fourth-order valence-corrected chi connectivity index (χ4v) is 4.66. The minimum absolute atomic E-state index is 0.0569. The molecule has 3 rings (SSSR count). The van der Waals surface area contributed by atoms with E-state index >= 15 is 0 Å². The number of hydrogen-bond donors (Lipinski definition) is 1. The highest BCUT2D eigenvalue weighted by atomic mass is 32.2. The lowest BCUT2D eigenvalue weighted by Gasteiger charge is -2.32. The largest absolute Gasteiger partial charge is 0.376 e. The predicted octanol–water partition coefficient (Wildman–Crippen LogP) is 1.01. The normalized spacial score (nSPS) is 36.2. The van der Waals surface area contributed by atoms with Crippen LogP contribution in [-0.4, -0.2) is 66.4 Å². The molecule has 0 aromatic rings. The highest BCUT2D eigenvalue weighted by Crippen LogP contribution is 2.28. The molecule has 3 aliphatic heterocycles. The Morgan fingerprint density at radius 2 is 2.14 bits per heavy atom. The van der Waals surface area contributed by atoms with Crippen molar-refractivity contribution in [1.29, 1.82) is 0 Å². The number of thioether (sulfide) groups is 1. The van der Waals surface area contributed by atoms with Crippen LogP contribution in [0.1, 0.15) is 32.1 Å². The van der Waals surface area contributed by atoms with Crippen LogP contribution in [-0.2, 0) is 14.3 Å². The summed E-state index contributed by atoms with van der Waals surface area (Å²) in [6.45, 7) is 2.08. The lowest BCUT2D eigenvalue weighted by molar-refractivity contribution is -0.146. The highest BCUT2D eigenvalue weighted by Gasteiger charge is 2.37. The molecular formula is C15H26N2O3S. The fraction of sp³-hybridized carbons (Fsp3) is 0.933. The zero-order valence-corrected chi connectivity index (χ0v) is 13.4. The Morgan fingerprint density at radius 1 is 1.24 bits per heavy atom. The van der Waals surface area contributed by atoms with E-state index in [0.717, 1.165) is 56.8 Å². The first-order chi connectivity index (χ1) is 10.3. The van der Waals surface area contributed by atoms with E-state index in [1.807, 2.05) is 11.8 Å². The first-order valence-corrected chi connectivity index (χ1v) is 9.28. The van der Waals surface area contributed by atoms with Gasteiger partial charge >= 0.3 is 0 Å². The Balaban J connectivity index is 1.63. The Labute approximate surface area is 130 Å². The van der Waals surface area contributed by atoms with Gasteiger partial charge in [0.15, 0.2) is 0 Å². The number of nitrogens with zero attached hydrogens (tertiary/aromatic N) is 1. The van der Waals surface area contributed by atoms with Crippen LogP contribution >= 0.6 is 11.8 Å². The van der Waals surface area contributed by atoms with Crippen molar-refractivity contribution in [2.24, 2.45) is 5.73 Å². The quantitative estimate of drug-likeness (QED) is 0.820. The van der Waals surface area contributed by atoms with Crippen molar-refractivity contribution in [3.05, 3.63) is 0 Å². The number of ether oxygens (including phenoxy) is 2. The van der Waals surface area contributed by atoms with Crippen molar-refractivity contribution in [1.82, 2.24) is 4.90 Å². The monoisotopic (exact) mass is 314 g/mol. The first-order valence-electron chi connectivity index (χ1n) is 8.13. The summed E-state index contributed by atoms with van der Waals surface area (Å²) < 4.78 is 11.6. The molecule has 2 N–H and O–H groups in total. The summed E-state index contributed by atoms with van der Waals surface area (Å²) in [6.07, 6.45) is 4.97. The zero-order valence-electron chi connectivity index (χ0n) is 12.5. The highest BCUT2D eigenvalue weighted by molar-refractivity contribution is 7.99. The molecule has 4 unspecified atom stereocenters. The summed E-state index contributed by atoms with van der Waals surface area (Å²) >= 11 is 1.94. The lowest BCUT2D eigenvalue weighted by atomic mass is 10.1. The van der Waals surface area contributed by atoms with Crippen molar-refractivity contribution in [3.63, 3.8) is 0 Å². The van der Waals surface area contributed by atoms with Crippen molar-refractivity contribution in [2.45, 2.75) is 56.5 Å². The van der Waals surface area contributed by atoms with Crippen LogP contribution in [0, 0.1) is 0 Å². The molecule has 3 saturated heterocycles. The van der Waals surface area contributed by atoms with Crippen LogP contribution < -0.4 is 5.73 Å². The maximum absolute atomic E-state index is 12.9. The third-order valence-corrected chi connectivity index (χ3v) is 5.84. The van der Waals surface area contributed by atoms with E-state index in [2.05, 4.69) is 4.90 Å². The van der Waals surface area contributed by atoms with E-state index in [0.29, 0.717) is 12.6 Å². The SMILES string of the molecule is NCC1CCC(C(=O)N(CC2CCCO2)C2CCSC2)O1. The van der Waals surface area contributed by atoms with Gasteiger partial charge in [-0.05, 0) is 37.9 Å². The second-order valence-corrected chi connectivity index (χ2v) is 7.35. The Kier molecular flexibility index (Phi) is 5.43. The van der Waals surface area contributed by atoms with E-state index < -0.39 is 0 Å². The molecule has 3 aliphatic rings. The van der Waals surface area contributed by atoms with E-state index in [4.69, 9.17) is 15.2 Å². The Morgan fingerprint density at radius 3 is 2.76 bits per heavy atom. The summed E-state index contributed by atoms with van der Waals surface area (Å²) in [4.78, 5) is 14.9. The van der Waals surface area contributed by atoms with Crippen LogP contribution in [0.25, 0.3) is 0 Å². The first kappa shape index (κ1) is 15.6. The number of carbonyl (C=O) groups is 1. The Hall–Kier alpha value is -0.300. The topological polar surface area (TPSA) is 64.8 Å². The minimum Gasteiger partial charge on any atom is -0.376 e. The van der Waals surface area contributed by atoms with Crippen LogP contribution in [0.4, 0.5) is 0 Å². The number of nitrogens with two attached hydrogens (primary N) is 1. The molecular weight excluding hydrogens is 288 g/mol. The summed E-state index contributed by atoms with van der Waals surface area (Å²) in [5.41, 5.74) is 5.65. The molecule has 4 atom stereocenters. The number of hydrogen-bond acceptors (Lipinski definition) is 5. The van der Waals surface area contributed by atoms with Crippen molar-refractivity contribution in [3.8, 4) is 0 Å². The molecule has 3 fully saturated rings. The van der Waals surface area contributed by atoms with Crippen LogP contribution in [0.3, 0.4) is 0 Å². The average molecular weight is 314 g/mol. The van der Waals surface area contributed by atoms with Crippen LogP contribution in [0.2, 0.25) is 0 Å². The van der Waals surface area contributed by atoms with Crippen molar-refractivity contribution < 1.29 is 14.3 Å². The molecule has 0 spiro atoms. The third-order valence-electron chi connectivity index (χ3n) is 4.70. The predicted molar refractivity (Wildman–Crippen MR) is 83.4 cm³/mol. The zero-order chi connectivity index (χ0) is 14.7. The molecule has 0 aromatic carbocycles. The van der Waals surface area contributed by atoms with Gasteiger partial charge in [0.1, 0.15) is 6.10 Å². The molecule has 5 nitrogen and oxygen atoms in total. The molecule has 120 valence electrons. The van der Waals surface area contributed by atoms with Crippen molar-refractivity contribution in [2.75, 3.05) is 31.2 Å². The molecule has 0 bridgehead atoms. The van der Waals surface area contributed by atoms with Gasteiger partial charge < -0.3 is 20.1 Å². The van der Waals surface area contributed by atoms with Gasteiger partial charge in [0.2, 0.25) is 0 Å². The molecule has 6 heteroatoms. The van der Waals surface area contributed by atoms with E-state index in [9.17, 15) is 4.79 Å².